The highest BCUT2D eigenvalue weighted by molar-refractivity contribution is 5.67. The molecule has 1 aliphatic heterocycles. The minimum Gasteiger partial charge on any atom is -0.377 e. The lowest BCUT2D eigenvalue weighted by Crippen LogP contribution is -2.29. The first-order valence-corrected chi connectivity index (χ1v) is 8.89. The quantitative estimate of drug-likeness (QED) is 0.471. The van der Waals surface area contributed by atoms with E-state index in [4.69, 9.17) is 0 Å². The van der Waals surface area contributed by atoms with Crippen molar-refractivity contribution in [1.29, 1.82) is 0 Å². The van der Waals surface area contributed by atoms with Gasteiger partial charge in [-0.2, -0.15) is 0 Å². The summed E-state index contributed by atoms with van der Waals surface area (Å²) in [5, 5.41) is 14.9. The Bertz CT molecular complexity index is 855. The van der Waals surface area contributed by atoms with Gasteiger partial charge in [0.05, 0.1) is 11.0 Å². The molecule has 0 unspecified atom stereocenters. The van der Waals surface area contributed by atoms with Crippen molar-refractivity contribution >= 4 is 11.4 Å². The van der Waals surface area contributed by atoms with Gasteiger partial charge in [-0.1, -0.05) is 43.3 Å². The van der Waals surface area contributed by atoms with Crippen LogP contribution in [0.15, 0.2) is 48.6 Å². The number of non-ortho nitro benzene ring substituents is 1. The van der Waals surface area contributed by atoms with Gasteiger partial charge in [0.25, 0.3) is 5.69 Å². The molecule has 1 aliphatic carbocycles. The van der Waals surface area contributed by atoms with E-state index in [1.165, 1.54) is 11.1 Å². The molecular weight excluding hydrogens is 312 g/mol. The zero-order chi connectivity index (χ0) is 17.6. The van der Waals surface area contributed by atoms with Crippen LogP contribution in [0.5, 0.6) is 0 Å². The summed E-state index contributed by atoms with van der Waals surface area (Å²) < 4.78 is 0. The topological polar surface area (TPSA) is 55.2 Å². The average Bonchev–Trinajstić information content (AvgIpc) is 3.11. The highest BCUT2D eigenvalue weighted by Gasteiger charge is 2.39. The Balaban J connectivity index is 1.78. The number of nitrogens with one attached hydrogen (secondary N) is 1. The van der Waals surface area contributed by atoms with E-state index in [1.807, 2.05) is 6.92 Å². The Morgan fingerprint density at radius 1 is 1.24 bits per heavy atom. The second kappa shape index (κ2) is 6.03. The van der Waals surface area contributed by atoms with E-state index in [-0.39, 0.29) is 22.6 Å². The molecule has 4 rings (SSSR count). The summed E-state index contributed by atoms with van der Waals surface area (Å²) in [7, 11) is 0. The van der Waals surface area contributed by atoms with Crippen molar-refractivity contribution in [3.8, 4) is 0 Å². The third kappa shape index (κ3) is 2.62. The molecule has 0 amide bonds. The van der Waals surface area contributed by atoms with Crippen molar-refractivity contribution in [2.45, 2.75) is 38.6 Å². The predicted octanol–water partition coefficient (Wildman–Crippen LogP) is 5.29. The smallest absolute Gasteiger partial charge is 0.270 e. The highest BCUT2D eigenvalue weighted by atomic mass is 16.6. The van der Waals surface area contributed by atoms with Gasteiger partial charge in [0.2, 0.25) is 0 Å². The number of allylic oxidation sites excluding steroid dienone is 2. The second-order valence-electron chi connectivity index (χ2n) is 7.05. The van der Waals surface area contributed by atoms with E-state index in [9.17, 15) is 10.1 Å². The Kier molecular flexibility index (Phi) is 3.83. The van der Waals surface area contributed by atoms with Crippen LogP contribution in [0, 0.1) is 23.0 Å². The number of aryl methyl sites for hydroxylation is 2. The van der Waals surface area contributed by atoms with E-state index < -0.39 is 0 Å². The van der Waals surface area contributed by atoms with Crippen LogP contribution >= 0.6 is 0 Å². The van der Waals surface area contributed by atoms with Crippen molar-refractivity contribution < 1.29 is 4.92 Å². The molecule has 1 N–H and O–H groups in total. The molecule has 4 heteroatoms. The number of hydrogen-bond acceptors (Lipinski definition) is 3. The van der Waals surface area contributed by atoms with Crippen molar-refractivity contribution in [1.82, 2.24) is 0 Å². The number of nitrogens with zero attached hydrogens (tertiary/aromatic N) is 1. The first kappa shape index (κ1) is 15.9. The van der Waals surface area contributed by atoms with Crippen LogP contribution in [0.25, 0.3) is 0 Å². The van der Waals surface area contributed by atoms with Gasteiger partial charge >= 0.3 is 0 Å². The van der Waals surface area contributed by atoms with Gasteiger partial charge in [0, 0.05) is 23.7 Å². The summed E-state index contributed by atoms with van der Waals surface area (Å²) in [4.78, 5) is 10.9. The maximum atomic E-state index is 11.2. The van der Waals surface area contributed by atoms with Crippen molar-refractivity contribution in [2.75, 3.05) is 5.32 Å². The van der Waals surface area contributed by atoms with Crippen molar-refractivity contribution in [3.63, 3.8) is 0 Å². The van der Waals surface area contributed by atoms with E-state index in [0.29, 0.717) is 5.92 Å². The SMILES string of the molecule is CCc1ccc([C@@H]2Nc3c(C)cc([N+](=O)[O-])cc3[C@H]3C=CC[C@@H]32)cc1. The molecule has 0 bridgehead atoms. The first-order valence-electron chi connectivity index (χ1n) is 8.89. The molecule has 4 nitrogen and oxygen atoms in total. The number of nitro groups is 1. The summed E-state index contributed by atoms with van der Waals surface area (Å²) in [5.41, 5.74) is 5.88. The lowest BCUT2D eigenvalue weighted by molar-refractivity contribution is -0.385. The monoisotopic (exact) mass is 334 g/mol. The predicted molar refractivity (Wildman–Crippen MR) is 100 cm³/mol. The zero-order valence-corrected chi connectivity index (χ0v) is 14.5. The maximum Gasteiger partial charge on any atom is 0.270 e. The second-order valence-corrected chi connectivity index (χ2v) is 7.05. The minimum absolute atomic E-state index is 0.183. The van der Waals surface area contributed by atoms with E-state index in [2.05, 4.69) is 48.7 Å². The van der Waals surface area contributed by atoms with Crippen LogP contribution in [0.2, 0.25) is 0 Å². The molecule has 2 aromatic carbocycles. The lowest BCUT2D eigenvalue weighted by Gasteiger charge is -2.38. The number of benzene rings is 2. The molecule has 25 heavy (non-hydrogen) atoms. The molecule has 0 spiro atoms. The highest BCUT2D eigenvalue weighted by Crippen LogP contribution is 2.51. The van der Waals surface area contributed by atoms with Crippen LogP contribution in [0.1, 0.15) is 47.6 Å². The van der Waals surface area contributed by atoms with Gasteiger partial charge < -0.3 is 5.32 Å². The van der Waals surface area contributed by atoms with Gasteiger partial charge in [0.15, 0.2) is 0 Å². The fraction of sp³-hybridized carbons (Fsp3) is 0.333. The Morgan fingerprint density at radius 3 is 2.68 bits per heavy atom. The van der Waals surface area contributed by atoms with Crippen molar-refractivity contribution in [3.05, 3.63) is 80.9 Å². The molecular formula is C21H22N2O2. The minimum atomic E-state index is -0.295. The third-order valence-electron chi connectivity index (χ3n) is 5.61. The molecule has 0 saturated carbocycles. The van der Waals surface area contributed by atoms with Gasteiger partial charge in [-0.15, -0.1) is 0 Å². The van der Waals surface area contributed by atoms with E-state index in [1.54, 1.807) is 12.1 Å². The van der Waals surface area contributed by atoms with Gasteiger partial charge in [-0.25, -0.2) is 0 Å². The molecule has 2 aliphatic rings. The normalized spacial score (nSPS) is 23.7. The molecule has 0 radical (unpaired) electrons. The van der Waals surface area contributed by atoms with Crippen molar-refractivity contribution in [2.24, 2.45) is 5.92 Å². The summed E-state index contributed by atoms with van der Waals surface area (Å²) >= 11 is 0. The molecule has 1 heterocycles. The number of anilines is 1. The average molecular weight is 334 g/mol. The largest absolute Gasteiger partial charge is 0.377 e. The summed E-state index contributed by atoms with van der Waals surface area (Å²) in [6.45, 7) is 4.12. The number of rotatable bonds is 3. The Labute approximate surface area is 147 Å². The number of nitro benzene ring substituents is 1. The third-order valence-corrected chi connectivity index (χ3v) is 5.61. The van der Waals surface area contributed by atoms with Gasteiger partial charge in [-0.05, 0) is 47.9 Å². The molecule has 128 valence electrons. The van der Waals surface area contributed by atoms with Crippen LogP contribution in [0.4, 0.5) is 11.4 Å². The fourth-order valence-corrected chi connectivity index (χ4v) is 4.26. The molecule has 3 atom stereocenters. The number of fused-ring (bicyclic) bond motifs is 3. The molecule has 0 aromatic heterocycles. The first-order chi connectivity index (χ1) is 12.1. The summed E-state index contributed by atoms with van der Waals surface area (Å²) in [6, 6.07) is 12.5. The lowest BCUT2D eigenvalue weighted by atomic mass is 9.76. The molecule has 2 aromatic rings. The van der Waals surface area contributed by atoms with Crippen LogP contribution < -0.4 is 5.32 Å². The van der Waals surface area contributed by atoms with Gasteiger partial charge in [-0.3, -0.25) is 10.1 Å². The summed E-state index contributed by atoms with van der Waals surface area (Å²) in [6.07, 6.45) is 6.48. The van der Waals surface area contributed by atoms with Crippen LogP contribution in [0.3, 0.4) is 0 Å². The standard InChI is InChI=1S/C21H22N2O2/c1-3-14-7-9-15(10-8-14)21-18-6-4-5-17(18)19-12-16(23(24)25)11-13(2)20(19)22-21/h4-5,7-12,17-18,21-22H,3,6H2,1-2H3/t17-,18-,21-/m0/s1. The zero-order valence-electron chi connectivity index (χ0n) is 14.5. The number of hydrogen-bond donors (Lipinski definition) is 1. The fourth-order valence-electron chi connectivity index (χ4n) is 4.26. The van der Waals surface area contributed by atoms with Crippen LogP contribution in [-0.2, 0) is 6.42 Å². The molecule has 0 fully saturated rings. The van der Waals surface area contributed by atoms with Gasteiger partial charge in [0.1, 0.15) is 0 Å². The Morgan fingerprint density at radius 2 is 2.00 bits per heavy atom. The van der Waals surface area contributed by atoms with Crippen LogP contribution in [-0.4, -0.2) is 4.92 Å². The van der Waals surface area contributed by atoms with E-state index in [0.717, 1.165) is 29.7 Å². The summed E-state index contributed by atoms with van der Waals surface area (Å²) in [5.74, 6) is 0.645. The maximum absolute atomic E-state index is 11.2. The molecule has 0 saturated heterocycles. The van der Waals surface area contributed by atoms with E-state index >= 15 is 0 Å². The Hall–Kier alpha value is -2.62.